The first-order chi connectivity index (χ1) is 19.1. The molecular weight excluding hydrogens is 559 g/mol. The molecule has 0 N–H and O–H groups in total. The van der Waals surface area contributed by atoms with Gasteiger partial charge in [-0.1, -0.05) is 0 Å². The smallest absolute Gasteiger partial charge is 0.269 e. The van der Waals surface area contributed by atoms with Gasteiger partial charge in [0, 0.05) is 99.8 Å². The van der Waals surface area contributed by atoms with Gasteiger partial charge in [-0.3, -0.25) is 25.0 Å². The number of benzene rings is 2. The van der Waals surface area contributed by atoms with Gasteiger partial charge in [0.1, 0.15) is 5.78 Å². The van der Waals surface area contributed by atoms with Gasteiger partial charge < -0.3 is 19.6 Å². The molecule has 2 saturated heterocycles. The molecule has 2 aliphatic rings. The molecule has 40 heavy (non-hydrogen) atoms. The molecule has 2 atom stereocenters. The van der Waals surface area contributed by atoms with E-state index in [1.165, 1.54) is 24.3 Å². The molecule has 216 valence electrons. The fraction of sp³-hybridized carbons (Fsp3) is 0.519. The highest BCUT2D eigenvalue weighted by molar-refractivity contribution is 6.22. The third-order valence-corrected chi connectivity index (χ3v) is 8.50. The summed E-state index contributed by atoms with van der Waals surface area (Å²) in [5.74, 6) is -2.37. The van der Waals surface area contributed by atoms with Crippen molar-refractivity contribution in [3.05, 3.63) is 67.8 Å². The zero-order chi connectivity index (χ0) is 29.0. The van der Waals surface area contributed by atoms with Crippen molar-refractivity contribution < 1.29 is 14.6 Å². The number of Topliss-reactive ketones (excluding diaryl/α,β-unsaturated/α-hetero) is 1. The van der Waals surface area contributed by atoms with Gasteiger partial charge in [0.15, 0.2) is 0 Å². The van der Waals surface area contributed by atoms with Crippen LogP contribution in [0, 0.1) is 20.2 Å². The number of nitrogens with zero attached hydrogens (tertiary/aromatic N) is 6. The number of hydrogen-bond donors (Lipinski definition) is 0. The van der Waals surface area contributed by atoms with E-state index >= 15 is 0 Å². The normalized spacial score (nSPS) is 18.4. The number of anilines is 2. The van der Waals surface area contributed by atoms with Gasteiger partial charge in [0.2, 0.25) is 0 Å². The second kappa shape index (κ2) is 13.1. The Balaban J connectivity index is 1.77. The quantitative estimate of drug-likeness (QED) is 0.230. The summed E-state index contributed by atoms with van der Waals surface area (Å²) in [7, 11) is 4.06. The van der Waals surface area contributed by atoms with Crippen molar-refractivity contribution in [3.63, 3.8) is 0 Å². The monoisotopic (exact) mass is 592 g/mol. The van der Waals surface area contributed by atoms with E-state index in [1.54, 1.807) is 12.1 Å². The summed E-state index contributed by atoms with van der Waals surface area (Å²) in [4.78, 5) is 45.3. The van der Waals surface area contributed by atoms with E-state index < -0.39 is 21.7 Å². The molecule has 0 spiro atoms. The molecule has 0 radical (unpaired) electrons. The maximum absolute atomic E-state index is 14.3. The van der Waals surface area contributed by atoms with Gasteiger partial charge in [-0.15, -0.1) is 23.2 Å². The van der Waals surface area contributed by atoms with Crippen molar-refractivity contribution in [1.29, 1.82) is 0 Å². The van der Waals surface area contributed by atoms with E-state index in [4.69, 9.17) is 23.2 Å². The molecule has 0 saturated carbocycles. The van der Waals surface area contributed by atoms with Gasteiger partial charge in [-0.05, 0) is 37.4 Å². The maximum atomic E-state index is 14.3. The average Bonchev–Trinajstić information content (AvgIpc) is 2.95. The maximum Gasteiger partial charge on any atom is 0.269 e. The highest BCUT2D eigenvalue weighted by Gasteiger charge is 2.35. The molecule has 2 aromatic carbocycles. The fourth-order valence-electron chi connectivity index (χ4n) is 5.41. The Labute approximate surface area is 243 Å². The average molecular weight is 594 g/mol. The molecule has 0 bridgehead atoms. The van der Waals surface area contributed by atoms with Crippen molar-refractivity contribution >= 4 is 51.7 Å². The molecule has 0 aliphatic carbocycles. The number of hydrogen-bond acceptors (Lipinski definition) is 9. The van der Waals surface area contributed by atoms with E-state index in [0.29, 0.717) is 37.3 Å². The molecule has 0 amide bonds. The van der Waals surface area contributed by atoms with Crippen LogP contribution in [0.15, 0.2) is 36.4 Å². The zero-order valence-electron chi connectivity index (χ0n) is 22.7. The van der Waals surface area contributed by atoms with Crippen LogP contribution in [-0.2, 0) is 4.79 Å². The number of nitro groups is 2. The van der Waals surface area contributed by atoms with Crippen LogP contribution in [0.5, 0.6) is 0 Å². The molecule has 2 heterocycles. The summed E-state index contributed by atoms with van der Waals surface area (Å²) < 4.78 is 0. The molecular formula is C27H34Cl2N6O5. The molecule has 4 rings (SSSR count). The number of nitro benzene ring substituents is 2. The number of ketones is 1. The van der Waals surface area contributed by atoms with Crippen LogP contribution in [0.1, 0.15) is 23.0 Å². The topological polar surface area (TPSA) is 116 Å². The Hall–Kier alpha value is -2.99. The van der Waals surface area contributed by atoms with Gasteiger partial charge >= 0.3 is 0 Å². The Kier molecular flexibility index (Phi) is 9.83. The predicted octanol–water partition coefficient (Wildman–Crippen LogP) is 3.92. The van der Waals surface area contributed by atoms with E-state index in [-0.39, 0.29) is 28.9 Å². The van der Waals surface area contributed by atoms with E-state index in [2.05, 4.69) is 19.6 Å². The lowest BCUT2D eigenvalue weighted by atomic mass is 9.83. The van der Waals surface area contributed by atoms with Crippen LogP contribution >= 0.6 is 23.2 Å². The van der Waals surface area contributed by atoms with E-state index in [1.807, 2.05) is 14.1 Å². The van der Waals surface area contributed by atoms with Crippen LogP contribution in [0.25, 0.3) is 0 Å². The van der Waals surface area contributed by atoms with Gasteiger partial charge in [0.05, 0.1) is 21.7 Å². The van der Waals surface area contributed by atoms with Crippen molar-refractivity contribution in [3.8, 4) is 0 Å². The molecule has 11 nitrogen and oxygen atoms in total. The van der Waals surface area contributed by atoms with Gasteiger partial charge in [0.25, 0.3) is 11.4 Å². The van der Waals surface area contributed by atoms with Crippen molar-refractivity contribution in [2.24, 2.45) is 0 Å². The number of non-ortho nitro benzene ring substituents is 2. The van der Waals surface area contributed by atoms with Crippen LogP contribution in [-0.4, -0.2) is 104 Å². The second-order valence-electron chi connectivity index (χ2n) is 10.4. The molecule has 2 fully saturated rings. The van der Waals surface area contributed by atoms with Crippen LogP contribution < -0.4 is 9.80 Å². The summed E-state index contributed by atoms with van der Waals surface area (Å²) in [6, 6.07) is 9.11. The summed E-state index contributed by atoms with van der Waals surface area (Å²) in [5, 5.41) is 23.4. The summed E-state index contributed by atoms with van der Waals surface area (Å²) in [5.41, 5.74) is 2.13. The Morgan fingerprint density at radius 2 is 1.07 bits per heavy atom. The molecule has 2 unspecified atom stereocenters. The SMILES string of the molecule is CN1CCN(c2ccc([N+](=O)[O-])cc2C(CCl)C(=O)C(CCl)c2cc([N+](=O)[O-])ccc2N2CCN(C)CC2)CC1. The highest BCUT2D eigenvalue weighted by atomic mass is 35.5. The standard InChI is InChI=1S/C27H34Cl2N6O5/c1-30-7-11-32(12-8-30)25-5-3-19(34(37)38)15-21(25)23(17-28)27(36)24(18-29)22-16-20(35(39)40)4-6-26(22)33-13-9-31(2)10-14-33/h3-6,15-16,23-24H,7-14,17-18H2,1-2H3. The number of carbonyl (C=O) groups is 1. The van der Waals surface area contributed by atoms with Crippen molar-refractivity contribution in [2.75, 3.05) is 88.0 Å². The molecule has 0 aromatic heterocycles. The number of halogens is 2. The predicted molar refractivity (Wildman–Crippen MR) is 158 cm³/mol. The Bertz CT molecular complexity index is 1150. The minimum absolute atomic E-state index is 0.118. The van der Waals surface area contributed by atoms with Crippen LogP contribution in [0.3, 0.4) is 0 Å². The number of carbonyl (C=O) groups excluding carboxylic acids is 1. The van der Waals surface area contributed by atoms with Crippen molar-refractivity contribution in [2.45, 2.75) is 11.8 Å². The van der Waals surface area contributed by atoms with Crippen LogP contribution in [0.4, 0.5) is 22.7 Å². The second-order valence-corrected chi connectivity index (χ2v) is 11.0. The Morgan fingerprint density at radius 3 is 1.38 bits per heavy atom. The number of likely N-dealkylation sites (N-methyl/N-ethyl adjacent to an activating group) is 2. The third kappa shape index (κ3) is 6.49. The summed E-state index contributed by atoms with van der Waals surface area (Å²) >= 11 is 12.9. The third-order valence-electron chi connectivity index (χ3n) is 7.88. The minimum atomic E-state index is -0.903. The van der Waals surface area contributed by atoms with Gasteiger partial charge in [-0.2, -0.15) is 0 Å². The fourth-order valence-corrected chi connectivity index (χ4v) is 6.04. The summed E-state index contributed by atoms with van der Waals surface area (Å²) in [6.45, 7) is 6.02. The van der Waals surface area contributed by atoms with E-state index in [9.17, 15) is 25.0 Å². The number of rotatable bonds is 10. The molecule has 2 aliphatic heterocycles. The first kappa shape index (κ1) is 30.0. The highest BCUT2D eigenvalue weighted by Crippen LogP contribution is 2.40. The lowest BCUT2D eigenvalue weighted by molar-refractivity contribution is -0.385. The van der Waals surface area contributed by atoms with E-state index in [0.717, 1.165) is 37.6 Å². The minimum Gasteiger partial charge on any atom is -0.369 e. The first-order valence-electron chi connectivity index (χ1n) is 13.2. The van der Waals surface area contributed by atoms with Crippen molar-refractivity contribution in [1.82, 2.24) is 9.80 Å². The zero-order valence-corrected chi connectivity index (χ0v) is 24.2. The van der Waals surface area contributed by atoms with Gasteiger partial charge in [-0.25, -0.2) is 0 Å². The Morgan fingerprint density at radius 1 is 0.725 bits per heavy atom. The number of piperazine rings is 2. The lowest BCUT2D eigenvalue weighted by Gasteiger charge is -2.37. The molecule has 13 heteroatoms. The molecule has 2 aromatic rings. The summed E-state index contributed by atoms with van der Waals surface area (Å²) in [6.07, 6.45) is 0. The lowest BCUT2D eigenvalue weighted by Crippen LogP contribution is -2.45. The number of alkyl halides is 2. The first-order valence-corrected chi connectivity index (χ1v) is 14.3. The van der Waals surface area contributed by atoms with Crippen LogP contribution in [0.2, 0.25) is 0 Å². The largest absolute Gasteiger partial charge is 0.369 e.